The average Bonchev–Trinajstić information content (AvgIpc) is 3.01. The minimum atomic E-state index is -0.419. The summed E-state index contributed by atoms with van der Waals surface area (Å²) in [7, 11) is 0. The Balaban J connectivity index is 1.51. The highest BCUT2D eigenvalue weighted by Gasteiger charge is 2.14. The first-order valence-corrected chi connectivity index (χ1v) is 7.93. The van der Waals surface area contributed by atoms with Crippen LogP contribution in [-0.2, 0) is 13.0 Å². The normalized spacial score (nSPS) is 15.9. The molecule has 0 aromatic heterocycles. The highest BCUT2D eigenvalue weighted by Crippen LogP contribution is 2.26. The molecular weight excluding hydrogens is 274 g/mol. The predicted molar refractivity (Wildman–Crippen MR) is 88.0 cm³/mol. The molecule has 0 bridgehead atoms. The van der Waals surface area contributed by atoms with E-state index in [4.69, 9.17) is 4.74 Å². The van der Waals surface area contributed by atoms with Gasteiger partial charge in [-0.2, -0.15) is 0 Å². The van der Waals surface area contributed by atoms with Crippen LogP contribution in [0.3, 0.4) is 0 Å². The monoisotopic (exact) mass is 297 g/mol. The quantitative estimate of drug-likeness (QED) is 0.860. The number of benzene rings is 2. The molecule has 0 fully saturated rings. The van der Waals surface area contributed by atoms with Crippen molar-refractivity contribution in [2.45, 2.75) is 38.5 Å². The van der Waals surface area contributed by atoms with E-state index in [0.717, 1.165) is 30.9 Å². The van der Waals surface area contributed by atoms with Crippen LogP contribution in [0.5, 0.6) is 5.75 Å². The third kappa shape index (κ3) is 3.67. The van der Waals surface area contributed by atoms with E-state index in [9.17, 15) is 5.11 Å². The van der Waals surface area contributed by atoms with Crippen LogP contribution >= 0.6 is 0 Å². The van der Waals surface area contributed by atoms with Crippen LogP contribution in [0.4, 0.5) is 0 Å². The Morgan fingerprint density at radius 3 is 2.82 bits per heavy atom. The van der Waals surface area contributed by atoms with Gasteiger partial charge < -0.3 is 15.2 Å². The molecule has 0 amide bonds. The zero-order valence-electron chi connectivity index (χ0n) is 13.0. The summed E-state index contributed by atoms with van der Waals surface area (Å²) in [5.74, 6) is 1.02. The third-order valence-corrected chi connectivity index (χ3v) is 4.17. The molecule has 3 heteroatoms. The zero-order chi connectivity index (χ0) is 15.4. The summed E-state index contributed by atoms with van der Waals surface area (Å²) >= 11 is 0. The van der Waals surface area contributed by atoms with Crippen molar-refractivity contribution in [3.05, 3.63) is 65.2 Å². The molecule has 2 aromatic rings. The van der Waals surface area contributed by atoms with Crippen LogP contribution < -0.4 is 10.1 Å². The Kier molecular flexibility index (Phi) is 4.76. The van der Waals surface area contributed by atoms with Crippen molar-refractivity contribution in [3.63, 3.8) is 0 Å². The van der Waals surface area contributed by atoms with Crippen molar-refractivity contribution in [3.8, 4) is 5.75 Å². The van der Waals surface area contributed by atoms with Crippen molar-refractivity contribution in [2.24, 2.45) is 0 Å². The molecule has 2 atom stereocenters. The molecule has 1 aliphatic rings. The molecule has 0 aliphatic carbocycles. The lowest BCUT2D eigenvalue weighted by Crippen LogP contribution is -2.27. The fourth-order valence-electron chi connectivity index (χ4n) is 2.87. The second-order valence-electron chi connectivity index (χ2n) is 5.98. The molecule has 0 saturated carbocycles. The minimum absolute atomic E-state index is 0.250. The Labute approximate surface area is 131 Å². The molecule has 1 heterocycles. The first-order valence-electron chi connectivity index (χ1n) is 7.93. The Hall–Kier alpha value is -1.84. The van der Waals surface area contributed by atoms with Crippen LogP contribution in [0, 0.1) is 0 Å². The summed E-state index contributed by atoms with van der Waals surface area (Å²) in [6.45, 7) is 3.73. The zero-order valence-corrected chi connectivity index (χ0v) is 13.0. The fraction of sp³-hybridized carbons (Fsp3) is 0.368. The van der Waals surface area contributed by atoms with Crippen molar-refractivity contribution >= 4 is 0 Å². The van der Waals surface area contributed by atoms with Crippen molar-refractivity contribution in [1.82, 2.24) is 5.32 Å². The van der Waals surface area contributed by atoms with Crippen LogP contribution in [0.15, 0.2) is 48.5 Å². The summed E-state index contributed by atoms with van der Waals surface area (Å²) in [6.07, 6.45) is 1.29. The van der Waals surface area contributed by atoms with Gasteiger partial charge in [-0.25, -0.2) is 0 Å². The van der Waals surface area contributed by atoms with Crippen molar-refractivity contribution in [1.29, 1.82) is 0 Å². The molecule has 0 radical (unpaired) electrons. The van der Waals surface area contributed by atoms with Crippen LogP contribution in [-0.4, -0.2) is 17.8 Å². The minimum Gasteiger partial charge on any atom is -0.493 e. The van der Waals surface area contributed by atoms with Crippen LogP contribution in [0.2, 0.25) is 0 Å². The number of nitrogens with one attached hydrogen (secondary N) is 1. The van der Waals surface area contributed by atoms with Gasteiger partial charge in [-0.1, -0.05) is 42.5 Å². The topological polar surface area (TPSA) is 41.5 Å². The molecule has 3 rings (SSSR count). The van der Waals surface area contributed by atoms with Crippen LogP contribution in [0.25, 0.3) is 0 Å². The molecule has 22 heavy (non-hydrogen) atoms. The van der Waals surface area contributed by atoms with Gasteiger partial charge in [0, 0.05) is 19.0 Å². The van der Waals surface area contributed by atoms with Crippen molar-refractivity contribution < 1.29 is 9.84 Å². The largest absolute Gasteiger partial charge is 0.493 e. The van der Waals surface area contributed by atoms with Gasteiger partial charge in [0.2, 0.25) is 0 Å². The summed E-state index contributed by atoms with van der Waals surface area (Å²) in [5.41, 5.74) is 3.55. The first kappa shape index (κ1) is 15.1. The number of ether oxygens (including phenoxy) is 1. The Morgan fingerprint density at radius 1 is 1.18 bits per heavy atom. The second kappa shape index (κ2) is 6.95. The number of aliphatic hydroxyl groups is 1. The molecule has 2 unspecified atom stereocenters. The molecule has 0 spiro atoms. The average molecular weight is 297 g/mol. The second-order valence-corrected chi connectivity index (χ2v) is 5.98. The van der Waals surface area contributed by atoms with Gasteiger partial charge in [0.15, 0.2) is 0 Å². The SMILES string of the molecule is CC(CC(O)c1ccccc1)NCc1ccc2c(c1)CCO2. The van der Waals surface area contributed by atoms with E-state index in [2.05, 4.69) is 30.4 Å². The Morgan fingerprint density at radius 2 is 2.00 bits per heavy atom. The summed E-state index contributed by atoms with van der Waals surface area (Å²) in [5, 5.41) is 13.7. The predicted octanol–water partition coefficient (Wildman–Crippen LogP) is 3.22. The lowest BCUT2D eigenvalue weighted by Gasteiger charge is -2.18. The summed E-state index contributed by atoms with van der Waals surface area (Å²) < 4.78 is 5.53. The maximum atomic E-state index is 10.3. The van der Waals surface area contributed by atoms with E-state index >= 15 is 0 Å². The molecule has 0 saturated heterocycles. The molecule has 116 valence electrons. The standard InChI is InChI=1S/C19H23NO2/c1-14(11-18(21)16-5-3-2-4-6-16)20-13-15-7-8-19-17(12-15)9-10-22-19/h2-8,12,14,18,20-21H,9-11,13H2,1H3. The van der Waals surface area contributed by atoms with Gasteiger partial charge in [-0.3, -0.25) is 0 Å². The molecule has 1 aliphatic heterocycles. The van der Waals surface area contributed by atoms with Crippen molar-refractivity contribution in [2.75, 3.05) is 6.61 Å². The summed E-state index contributed by atoms with van der Waals surface area (Å²) in [6, 6.07) is 16.5. The molecule has 2 aromatic carbocycles. The lowest BCUT2D eigenvalue weighted by molar-refractivity contribution is 0.154. The van der Waals surface area contributed by atoms with Gasteiger partial charge in [-0.15, -0.1) is 0 Å². The van der Waals surface area contributed by atoms with E-state index in [1.807, 2.05) is 30.3 Å². The first-order chi connectivity index (χ1) is 10.7. The number of hydrogen-bond donors (Lipinski definition) is 2. The number of hydrogen-bond acceptors (Lipinski definition) is 3. The van der Waals surface area contributed by atoms with Gasteiger partial charge in [0.05, 0.1) is 12.7 Å². The van der Waals surface area contributed by atoms with Gasteiger partial charge in [0.1, 0.15) is 5.75 Å². The van der Waals surface area contributed by atoms with Crippen LogP contribution in [0.1, 0.15) is 36.1 Å². The highest BCUT2D eigenvalue weighted by atomic mass is 16.5. The highest BCUT2D eigenvalue weighted by molar-refractivity contribution is 5.39. The molecule has 2 N–H and O–H groups in total. The number of aliphatic hydroxyl groups excluding tert-OH is 1. The Bertz CT molecular complexity index is 612. The number of rotatable bonds is 6. The van der Waals surface area contributed by atoms with E-state index in [0.29, 0.717) is 6.42 Å². The molecule has 3 nitrogen and oxygen atoms in total. The fourth-order valence-corrected chi connectivity index (χ4v) is 2.87. The van der Waals surface area contributed by atoms with E-state index in [1.165, 1.54) is 11.1 Å². The third-order valence-electron chi connectivity index (χ3n) is 4.17. The summed E-state index contributed by atoms with van der Waals surface area (Å²) in [4.78, 5) is 0. The maximum absolute atomic E-state index is 10.3. The van der Waals surface area contributed by atoms with Gasteiger partial charge in [-0.05, 0) is 36.1 Å². The van der Waals surface area contributed by atoms with E-state index < -0.39 is 6.10 Å². The van der Waals surface area contributed by atoms with E-state index in [1.54, 1.807) is 0 Å². The van der Waals surface area contributed by atoms with E-state index in [-0.39, 0.29) is 6.04 Å². The smallest absolute Gasteiger partial charge is 0.122 e. The van der Waals surface area contributed by atoms with Gasteiger partial charge >= 0.3 is 0 Å². The molecular formula is C19H23NO2. The van der Waals surface area contributed by atoms with Gasteiger partial charge in [0.25, 0.3) is 0 Å². The lowest BCUT2D eigenvalue weighted by atomic mass is 10.0. The maximum Gasteiger partial charge on any atom is 0.122 e. The number of fused-ring (bicyclic) bond motifs is 1.